The quantitative estimate of drug-likeness (QED) is 0.831. The van der Waals surface area contributed by atoms with Crippen molar-refractivity contribution in [2.75, 3.05) is 5.73 Å². The van der Waals surface area contributed by atoms with E-state index in [9.17, 15) is 9.18 Å². The molecule has 0 aliphatic rings. The van der Waals surface area contributed by atoms with Crippen molar-refractivity contribution < 1.29 is 9.18 Å². The molecule has 3 N–H and O–H groups in total. The Kier molecular flexibility index (Phi) is 3.75. The lowest BCUT2D eigenvalue weighted by molar-refractivity contribution is 0.0940. The van der Waals surface area contributed by atoms with Crippen LogP contribution in [0.1, 0.15) is 28.9 Å². The van der Waals surface area contributed by atoms with E-state index in [-0.39, 0.29) is 17.3 Å². The topological polar surface area (TPSA) is 68.0 Å². The molecule has 0 saturated carbocycles. The minimum absolute atomic E-state index is 0.135. The Labute approximate surface area is 110 Å². The van der Waals surface area contributed by atoms with Crippen LogP contribution in [-0.4, -0.2) is 10.9 Å². The normalized spacial score (nSPS) is 11.9. The van der Waals surface area contributed by atoms with Gasteiger partial charge in [0.1, 0.15) is 5.82 Å². The lowest BCUT2D eigenvalue weighted by Gasteiger charge is -2.14. The molecule has 0 fully saturated rings. The molecule has 0 spiro atoms. The number of aromatic nitrogens is 1. The van der Waals surface area contributed by atoms with Crippen molar-refractivity contribution >= 4 is 11.6 Å². The van der Waals surface area contributed by atoms with Crippen LogP contribution < -0.4 is 11.1 Å². The molecule has 0 aliphatic heterocycles. The molecule has 1 unspecified atom stereocenters. The molecule has 2 aromatic rings. The van der Waals surface area contributed by atoms with Crippen molar-refractivity contribution in [3.8, 4) is 0 Å². The van der Waals surface area contributed by atoms with Crippen LogP contribution >= 0.6 is 0 Å². The largest absolute Gasteiger partial charge is 0.398 e. The molecule has 19 heavy (non-hydrogen) atoms. The first-order valence-electron chi connectivity index (χ1n) is 5.83. The van der Waals surface area contributed by atoms with Crippen LogP contribution in [0.25, 0.3) is 0 Å². The highest BCUT2D eigenvalue weighted by Crippen LogP contribution is 2.16. The number of nitrogens with two attached hydrogens (primary N) is 1. The average Bonchev–Trinajstić information content (AvgIpc) is 2.42. The molecule has 0 radical (unpaired) electrons. The third kappa shape index (κ3) is 3.07. The number of carbonyl (C=O) groups is 1. The van der Waals surface area contributed by atoms with Crippen LogP contribution in [0, 0.1) is 5.82 Å². The molecule has 0 bridgehead atoms. The number of hydrogen-bond donors (Lipinski definition) is 2. The number of benzene rings is 1. The summed E-state index contributed by atoms with van der Waals surface area (Å²) >= 11 is 0. The molecular formula is C14H14FN3O. The van der Waals surface area contributed by atoms with E-state index in [0.717, 1.165) is 11.6 Å². The first-order valence-corrected chi connectivity index (χ1v) is 5.83. The third-order valence-electron chi connectivity index (χ3n) is 2.79. The van der Waals surface area contributed by atoms with Crippen LogP contribution in [0.3, 0.4) is 0 Å². The van der Waals surface area contributed by atoms with E-state index in [0.29, 0.717) is 0 Å². The molecule has 1 aromatic carbocycles. The van der Waals surface area contributed by atoms with Crippen LogP contribution in [0.15, 0.2) is 42.7 Å². The Morgan fingerprint density at radius 1 is 1.42 bits per heavy atom. The summed E-state index contributed by atoms with van der Waals surface area (Å²) in [6.45, 7) is 1.82. The van der Waals surface area contributed by atoms with E-state index in [1.807, 2.05) is 13.0 Å². The van der Waals surface area contributed by atoms with E-state index in [1.165, 1.54) is 12.1 Å². The number of carbonyl (C=O) groups excluding carboxylic acids is 1. The second kappa shape index (κ2) is 5.48. The summed E-state index contributed by atoms with van der Waals surface area (Å²) in [6, 6.07) is 7.13. The smallest absolute Gasteiger partial charge is 0.253 e. The van der Waals surface area contributed by atoms with Gasteiger partial charge in [-0.05, 0) is 36.8 Å². The molecule has 4 nitrogen and oxygen atoms in total. The molecule has 1 amide bonds. The van der Waals surface area contributed by atoms with Crippen molar-refractivity contribution in [2.24, 2.45) is 0 Å². The van der Waals surface area contributed by atoms with E-state index in [4.69, 9.17) is 5.73 Å². The molecule has 1 heterocycles. The lowest BCUT2D eigenvalue weighted by atomic mass is 10.1. The zero-order valence-electron chi connectivity index (χ0n) is 10.4. The number of nitrogens with one attached hydrogen (secondary N) is 1. The van der Waals surface area contributed by atoms with Gasteiger partial charge in [-0.25, -0.2) is 4.39 Å². The first-order chi connectivity index (χ1) is 9.08. The molecule has 1 atom stereocenters. The van der Waals surface area contributed by atoms with Crippen molar-refractivity contribution in [1.82, 2.24) is 10.3 Å². The van der Waals surface area contributed by atoms with Gasteiger partial charge in [-0.2, -0.15) is 0 Å². The van der Waals surface area contributed by atoms with E-state index < -0.39 is 11.7 Å². The Bertz CT molecular complexity index is 586. The number of halogens is 1. The summed E-state index contributed by atoms with van der Waals surface area (Å²) < 4.78 is 13.1. The number of rotatable bonds is 3. The van der Waals surface area contributed by atoms with Crippen molar-refractivity contribution in [3.63, 3.8) is 0 Å². The fourth-order valence-electron chi connectivity index (χ4n) is 1.71. The minimum atomic E-state index is -0.492. The van der Waals surface area contributed by atoms with Crippen LogP contribution in [0.4, 0.5) is 10.1 Å². The predicted molar refractivity (Wildman–Crippen MR) is 70.9 cm³/mol. The van der Waals surface area contributed by atoms with Crippen molar-refractivity contribution in [2.45, 2.75) is 13.0 Å². The van der Waals surface area contributed by atoms with Crippen LogP contribution in [0.5, 0.6) is 0 Å². The molecule has 98 valence electrons. The number of nitrogen functional groups attached to an aromatic ring is 1. The molecule has 2 rings (SSSR count). The van der Waals surface area contributed by atoms with Gasteiger partial charge < -0.3 is 11.1 Å². The molecular weight excluding hydrogens is 245 g/mol. The molecule has 0 aliphatic carbocycles. The van der Waals surface area contributed by atoms with Crippen LogP contribution in [0.2, 0.25) is 0 Å². The lowest BCUT2D eigenvalue weighted by Crippen LogP contribution is -2.27. The van der Waals surface area contributed by atoms with Gasteiger partial charge in [0, 0.05) is 18.1 Å². The van der Waals surface area contributed by atoms with Gasteiger partial charge in [0.15, 0.2) is 0 Å². The predicted octanol–water partition coefficient (Wildman–Crippen LogP) is 2.29. The van der Waals surface area contributed by atoms with E-state index in [1.54, 1.807) is 18.5 Å². The third-order valence-corrected chi connectivity index (χ3v) is 2.79. The summed E-state index contributed by atoms with van der Waals surface area (Å²) in [7, 11) is 0. The second-order valence-corrected chi connectivity index (χ2v) is 4.21. The highest BCUT2D eigenvalue weighted by atomic mass is 19.1. The maximum absolute atomic E-state index is 13.1. The maximum atomic E-state index is 13.1. The summed E-state index contributed by atoms with van der Waals surface area (Å²) in [5.41, 5.74) is 6.91. The SMILES string of the molecule is CC(NC(=O)c1cc(F)ccc1N)c1cccnc1. The Morgan fingerprint density at radius 3 is 2.89 bits per heavy atom. The zero-order valence-corrected chi connectivity index (χ0v) is 10.4. The van der Waals surface area contributed by atoms with Gasteiger partial charge in [0.2, 0.25) is 0 Å². The van der Waals surface area contributed by atoms with Crippen molar-refractivity contribution in [1.29, 1.82) is 0 Å². The fourth-order valence-corrected chi connectivity index (χ4v) is 1.71. The van der Waals surface area contributed by atoms with E-state index in [2.05, 4.69) is 10.3 Å². The standard InChI is InChI=1S/C14H14FN3O/c1-9(10-3-2-6-17-8-10)18-14(19)12-7-11(15)4-5-13(12)16/h2-9H,16H2,1H3,(H,18,19). The minimum Gasteiger partial charge on any atom is -0.398 e. The average molecular weight is 259 g/mol. The van der Waals surface area contributed by atoms with Gasteiger partial charge in [0.25, 0.3) is 5.91 Å². The Hall–Kier alpha value is -2.43. The zero-order chi connectivity index (χ0) is 13.8. The monoisotopic (exact) mass is 259 g/mol. The Balaban J connectivity index is 2.15. The number of nitrogens with zero attached hydrogens (tertiary/aromatic N) is 1. The number of anilines is 1. The van der Waals surface area contributed by atoms with Crippen LogP contribution in [-0.2, 0) is 0 Å². The number of amides is 1. The van der Waals surface area contributed by atoms with Gasteiger partial charge in [-0.15, -0.1) is 0 Å². The Morgan fingerprint density at radius 2 is 2.21 bits per heavy atom. The molecule has 5 heteroatoms. The van der Waals surface area contributed by atoms with Gasteiger partial charge in [-0.1, -0.05) is 6.07 Å². The van der Waals surface area contributed by atoms with E-state index >= 15 is 0 Å². The molecule has 0 saturated heterocycles. The number of pyridine rings is 1. The fraction of sp³-hybridized carbons (Fsp3) is 0.143. The summed E-state index contributed by atoms with van der Waals surface area (Å²) in [6.07, 6.45) is 3.32. The molecule has 1 aromatic heterocycles. The van der Waals surface area contributed by atoms with Gasteiger partial charge >= 0.3 is 0 Å². The second-order valence-electron chi connectivity index (χ2n) is 4.21. The summed E-state index contributed by atoms with van der Waals surface area (Å²) in [4.78, 5) is 16.0. The van der Waals surface area contributed by atoms with Gasteiger partial charge in [-0.3, -0.25) is 9.78 Å². The highest BCUT2D eigenvalue weighted by molar-refractivity contribution is 5.99. The summed E-state index contributed by atoms with van der Waals surface area (Å²) in [5.74, 6) is -0.901. The number of hydrogen-bond acceptors (Lipinski definition) is 3. The first kappa shape index (κ1) is 13.0. The highest BCUT2D eigenvalue weighted by Gasteiger charge is 2.14. The van der Waals surface area contributed by atoms with Gasteiger partial charge in [0.05, 0.1) is 11.6 Å². The maximum Gasteiger partial charge on any atom is 0.253 e. The van der Waals surface area contributed by atoms with Crippen molar-refractivity contribution in [3.05, 3.63) is 59.7 Å². The summed E-state index contributed by atoms with van der Waals surface area (Å²) in [5, 5.41) is 2.75.